The second-order valence-electron chi connectivity index (χ2n) is 6.19. The fraction of sp³-hybridized carbons (Fsp3) is 0.136. The Bertz CT molecular complexity index is 1150. The maximum atomic E-state index is 5.42. The van der Waals surface area contributed by atoms with Crippen LogP contribution in [0.25, 0.3) is 10.2 Å². The van der Waals surface area contributed by atoms with Crippen LogP contribution >= 0.6 is 11.3 Å². The molecule has 2 aromatic heterocycles. The van der Waals surface area contributed by atoms with E-state index in [2.05, 4.69) is 20.3 Å². The Hall–Kier alpha value is -3.65. The number of fused-ring (bicyclic) bond motifs is 1. The van der Waals surface area contributed by atoms with Crippen molar-refractivity contribution in [3.63, 3.8) is 0 Å². The van der Waals surface area contributed by atoms with E-state index in [9.17, 15) is 0 Å². The van der Waals surface area contributed by atoms with Gasteiger partial charge in [0.05, 0.1) is 37.8 Å². The lowest BCUT2D eigenvalue weighted by atomic mass is 10.2. The molecule has 4 aromatic rings. The minimum atomic E-state index is 0.528. The molecule has 4 rings (SSSR count). The number of aromatic nitrogens is 2. The largest absolute Gasteiger partial charge is 0.493 e. The van der Waals surface area contributed by atoms with Crippen LogP contribution < -0.4 is 19.5 Å². The predicted molar refractivity (Wildman–Crippen MR) is 120 cm³/mol. The highest BCUT2D eigenvalue weighted by Crippen LogP contribution is 2.41. The molecule has 0 saturated heterocycles. The summed E-state index contributed by atoms with van der Waals surface area (Å²) in [6.45, 7) is 0. The molecule has 0 radical (unpaired) electrons. The Kier molecular flexibility index (Phi) is 5.76. The summed E-state index contributed by atoms with van der Waals surface area (Å²) in [7, 11) is 4.73. The van der Waals surface area contributed by atoms with Gasteiger partial charge in [0.2, 0.25) is 5.75 Å². The minimum Gasteiger partial charge on any atom is -0.493 e. The van der Waals surface area contributed by atoms with Crippen LogP contribution in [0.4, 0.5) is 17.2 Å². The molecule has 1 N–H and O–H groups in total. The highest BCUT2D eigenvalue weighted by molar-refractivity contribution is 7.20. The maximum Gasteiger partial charge on any atom is 0.203 e. The lowest BCUT2D eigenvalue weighted by Crippen LogP contribution is -1.99. The molecule has 0 amide bonds. The number of hydrogen-bond acceptors (Lipinski definition) is 8. The Morgan fingerprint density at radius 1 is 0.967 bits per heavy atom. The topological polar surface area (TPSA) is 77.9 Å². The van der Waals surface area contributed by atoms with E-state index in [1.54, 1.807) is 45.1 Å². The molecule has 0 aliphatic carbocycles. The van der Waals surface area contributed by atoms with Crippen LogP contribution in [0.5, 0.6) is 17.2 Å². The second kappa shape index (κ2) is 8.79. The maximum absolute atomic E-state index is 5.42. The van der Waals surface area contributed by atoms with E-state index < -0.39 is 0 Å². The van der Waals surface area contributed by atoms with E-state index in [-0.39, 0.29) is 0 Å². The summed E-state index contributed by atoms with van der Waals surface area (Å²) >= 11 is 1.59. The number of ether oxygens (including phenoxy) is 3. The number of nitrogens with one attached hydrogen (secondary N) is 1. The van der Waals surface area contributed by atoms with Gasteiger partial charge < -0.3 is 19.5 Å². The first-order valence-corrected chi connectivity index (χ1v) is 9.95. The quantitative estimate of drug-likeness (QED) is 0.414. The molecule has 0 aliphatic rings. The lowest BCUT2D eigenvalue weighted by molar-refractivity contribution is 0.324. The summed E-state index contributed by atoms with van der Waals surface area (Å²) in [5, 5.41) is 4.11. The zero-order valence-electron chi connectivity index (χ0n) is 16.7. The summed E-state index contributed by atoms with van der Waals surface area (Å²) in [4.78, 5) is 13.6. The third-order valence-electron chi connectivity index (χ3n) is 4.34. The molecule has 7 nitrogen and oxygen atoms in total. The van der Waals surface area contributed by atoms with E-state index in [1.165, 1.54) is 0 Å². The third kappa shape index (κ3) is 4.04. The first-order chi connectivity index (χ1) is 14.7. The van der Waals surface area contributed by atoms with Crippen molar-refractivity contribution in [2.45, 2.75) is 0 Å². The molecule has 2 aromatic carbocycles. The van der Waals surface area contributed by atoms with Gasteiger partial charge in [0, 0.05) is 24.0 Å². The predicted octanol–water partition coefficient (Wildman–Crippen LogP) is 5.21. The van der Waals surface area contributed by atoms with Crippen LogP contribution in [0.2, 0.25) is 0 Å². The van der Waals surface area contributed by atoms with Crippen molar-refractivity contribution in [2.24, 2.45) is 4.99 Å². The molecule has 0 fully saturated rings. The van der Waals surface area contributed by atoms with E-state index in [1.807, 2.05) is 48.5 Å². The zero-order valence-corrected chi connectivity index (χ0v) is 17.6. The van der Waals surface area contributed by atoms with Gasteiger partial charge in [-0.3, -0.25) is 0 Å². The Morgan fingerprint density at radius 3 is 2.43 bits per heavy atom. The number of pyridine rings is 1. The van der Waals surface area contributed by atoms with Gasteiger partial charge in [-0.1, -0.05) is 12.1 Å². The van der Waals surface area contributed by atoms with Gasteiger partial charge in [0.15, 0.2) is 17.3 Å². The van der Waals surface area contributed by atoms with Crippen LogP contribution in [0, 0.1) is 0 Å². The first-order valence-electron chi connectivity index (χ1n) is 9.13. The van der Waals surface area contributed by atoms with Crippen LogP contribution in [0.1, 0.15) is 5.01 Å². The van der Waals surface area contributed by atoms with Gasteiger partial charge in [-0.25, -0.2) is 15.0 Å². The molecular weight excluding hydrogens is 400 g/mol. The number of para-hydroxylation sites is 1. The molecule has 0 bridgehead atoms. The average Bonchev–Trinajstić information content (AvgIpc) is 3.20. The van der Waals surface area contributed by atoms with Crippen LogP contribution in [-0.4, -0.2) is 37.5 Å². The number of anilines is 2. The number of benzene rings is 2. The van der Waals surface area contributed by atoms with E-state index in [0.29, 0.717) is 28.8 Å². The molecule has 2 heterocycles. The number of methoxy groups -OCH3 is 3. The summed E-state index contributed by atoms with van der Waals surface area (Å²) in [6, 6.07) is 15.4. The highest BCUT2D eigenvalue weighted by Gasteiger charge is 2.14. The normalized spacial score (nSPS) is 11.0. The molecule has 30 heavy (non-hydrogen) atoms. The van der Waals surface area contributed by atoms with Crippen molar-refractivity contribution >= 4 is 45.0 Å². The smallest absolute Gasteiger partial charge is 0.203 e. The second-order valence-corrected chi connectivity index (χ2v) is 7.25. The summed E-state index contributed by atoms with van der Waals surface area (Å²) < 4.78 is 17.3. The monoisotopic (exact) mass is 420 g/mol. The zero-order chi connectivity index (χ0) is 20.9. The van der Waals surface area contributed by atoms with Crippen molar-refractivity contribution in [1.82, 2.24) is 9.97 Å². The van der Waals surface area contributed by atoms with Crippen LogP contribution in [0.3, 0.4) is 0 Å². The minimum absolute atomic E-state index is 0.528. The molecular formula is C22H20N4O3S. The highest BCUT2D eigenvalue weighted by atomic mass is 32.1. The average molecular weight is 420 g/mol. The molecule has 152 valence electrons. The van der Waals surface area contributed by atoms with Gasteiger partial charge in [-0.15, -0.1) is 11.3 Å². The number of thiazole rings is 1. The van der Waals surface area contributed by atoms with E-state index >= 15 is 0 Å². The van der Waals surface area contributed by atoms with Gasteiger partial charge in [0.1, 0.15) is 10.7 Å². The third-order valence-corrected chi connectivity index (χ3v) is 5.31. The fourth-order valence-electron chi connectivity index (χ4n) is 2.96. The SMILES string of the molecule is COc1cc(Nc2ncccc2N=Cc2nc3ccccc3s2)cc(OC)c1OC. The molecule has 0 spiro atoms. The van der Waals surface area contributed by atoms with Gasteiger partial charge in [0.25, 0.3) is 0 Å². The van der Waals surface area contributed by atoms with E-state index in [4.69, 9.17) is 14.2 Å². The first kappa shape index (κ1) is 19.7. The lowest BCUT2D eigenvalue weighted by Gasteiger charge is -2.15. The Balaban J connectivity index is 1.64. The molecule has 0 saturated carbocycles. The van der Waals surface area contributed by atoms with Crippen LogP contribution in [-0.2, 0) is 0 Å². The standard InChI is InChI=1S/C22H20N4O3S/c1-27-17-11-14(12-18(28-2)21(17)29-3)25-22-16(8-6-10-23-22)24-13-20-26-15-7-4-5-9-19(15)30-20/h4-13H,1-3H3,(H,23,25). The molecule has 0 unspecified atom stereocenters. The Labute approximate surface area is 178 Å². The Morgan fingerprint density at radius 2 is 1.73 bits per heavy atom. The van der Waals surface area contributed by atoms with Crippen molar-refractivity contribution in [1.29, 1.82) is 0 Å². The fourth-order valence-corrected chi connectivity index (χ4v) is 3.80. The molecule has 0 aliphatic heterocycles. The van der Waals surface area contributed by atoms with Gasteiger partial charge >= 0.3 is 0 Å². The van der Waals surface area contributed by atoms with Crippen molar-refractivity contribution in [2.75, 3.05) is 26.6 Å². The van der Waals surface area contributed by atoms with Crippen LogP contribution in [0.15, 0.2) is 59.7 Å². The number of nitrogens with zero attached hydrogens (tertiary/aromatic N) is 3. The van der Waals surface area contributed by atoms with E-state index in [0.717, 1.165) is 20.9 Å². The van der Waals surface area contributed by atoms with Gasteiger partial charge in [-0.2, -0.15) is 0 Å². The summed E-state index contributed by atoms with van der Waals surface area (Å²) in [5.41, 5.74) is 2.39. The van der Waals surface area contributed by atoms with Crippen molar-refractivity contribution in [3.05, 3.63) is 59.7 Å². The number of aliphatic imine (C=N–C) groups is 1. The summed E-state index contributed by atoms with van der Waals surface area (Å²) in [5.74, 6) is 2.23. The number of rotatable bonds is 7. The van der Waals surface area contributed by atoms with Crippen molar-refractivity contribution in [3.8, 4) is 17.2 Å². The summed E-state index contributed by atoms with van der Waals surface area (Å²) in [6.07, 6.45) is 3.46. The van der Waals surface area contributed by atoms with Crippen molar-refractivity contribution < 1.29 is 14.2 Å². The van der Waals surface area contributed by atoms with Gasteiger partial charge in [-0.05, 0) is 24.3 Å². The molecule has 8 heteroatoms. The molecule has 0 atom stereocenters. The number of hydrogen-bond donors (Lipinski definition) is 1.